The summed E-state index contributed by atoms with van der Waals surface area (Å²) in [5, 5.41) is 7.92. The maximum absolute atomic E-state index is 11.6. The van der Waals surface area contributed by atoms with Gasteiger partial charge in [-0.1, -0.05) is 18.2 Å². The predicted molar refractivity (Wildman–Crippen MR) is 110 cm³/mol. The molecule has 0 atom stereocenters. The lowest BCUT2D eigenvalue weighted by molar-refractivity contribution is -0.132. The molecule has 0 unspecified atom stereocenters. The van der Waals surface area contributed by atoms with Gasteiger partial charge in [0.1, 0.15) is 12.2 Å². The van der Waals surface area contributed by atoms with Crippen molar-refractivity contribution >= 4 is 35.0 Å². The van der Waals surface area contributed by atoms with E-state index >= 15 is 0 Å². The first-order valence-corrected chi connectivity index (χ1v) is 9.57. The number of aliphatic imine (C=N–C) groups is 1. The number of rotatable bonds is 1. The molecule has 0 saturated carbocycles. The number of carbonyl (C=O) groups excluding carboxylic acids is 1. The Morgan fingerprint density at radius 3 is 2.64 bits per heavy atom. The first-order chi connectivity index (χ1) is 13.7. The first kappa shape index (κ1) is 16.9. The lowest BCUT2D eigenvalue weighted by Gasteiger charge is -2.41. The van der Waals surface area contributed by atoms with Crippen molar-refractivity contribution < 1.29 is 4.79 Å². The number of aromatic nitrogens is 1. The number of anilines is 2. The average Bonchev–Trinajstić information content (AvgIpc) is 2.88. The molecule has 1 fully saturated rings. The molecule has 2 aromatic rings. The van der Waals surface area contributed by atoms with Gasteiger partial charge in [0.15, 0.2) is 0 Å². The van der Waals surface area contributed by atoms with Crippen molar-refractivity contribution in [1.82, 2.24) is 19.9 Å². The SMILES string of the molecule is CC(=O)N1CCN(N2C=NC3=C(C2)c2ccccc2Nc2ncccc23)CC1. The molecule has 3 aliphatic rings. The van der Waals surface area contributed by atoms with Crippen LogP contribution in [0, 0.1) is 0 Å². The number of carbonyl (C=O) groups is 1. The Kier molecular flexibility index (Phi) is 4.09. The first-order valence-electron chi connectivity index (χ1n) is 9.57. The Morgan fingerprint density at radius 1 is 1.04 bits per heavy atom. The number of benzene rings is 1. The second-order valence-electron chi connectivity index (χ2n) is 7.20. The number of piperazine rings is 1. The van der Waals surface area contributed by atoms with E-state index in [1.165, 1.54) is 5.57 Å². The fourth-order valence-corrected chi connectivity index (χ4v) is 4.04. The van der Waals surface area contributed by atoms with E-state index in [9.17, 15) is 4.79 Å². The Morgan fingerprint density at radius 2 is 1.82 bits per heavy atom. The summed E-state index contributed by atoms with van der Waals surface area (Å²) in [4.78, 5) is 22.9. The zero-order valence-corrected chi connectivity index (χ0v) is 15.8. The van der Waals surface area contributed by atoms with Crippen LogP contribution < -0.4 is 5.32 Å². The third-order valence-electron chi connectivity index (χ3n) is 5.56. The van der Waals surface area contributed by atoms with Crippen LogP contribution in [0.25, 0.3) is 11.3 Å². The van der Waals surface area contributed by atoms with Crippen LogP contribution in [0.4, 0.5) is 11.5 Å². The molecule has 1 aromatic carbocycles. The highest BCUT2D eigenvalue weighted by atomic mass is 16.2. The highest BCUT2D eigenvalue weighted by molar-refractivity contribution is 6.03. The number of para-hydroxylation sites is 1. The van der Waals surface area contributed by atoms with Gasteiger partial charge in [0, 0.05) is 61.7 Å². The number of pyridine rings is 1. The van der Waals surface area contributed by atoms with E-state index < -0.39 is 0 Å². The van der Waals surface area contributed by atoms with E-state index in [-0.39, 0.29) is 5.91 Å². The van der Waals surface area contributed by atoms with Crippen LogP contribution in [-0.4, -0.2) is 64.9 Å². The van der Waals surface area contributed by atoms with Gasteiger partial charge < -0.3 is 10.2 Å². The summed E-state index contributed by atoms with van der Waals surface area (Å²) in [5.74, 6) is 0.977. The Hall–Kier alpha value is -3.19. The maximum atomic E-state index is 11.6. The van der Waals surface area contributed by atoms with E-state index in [1.54, 1.807) is 13.1 Å². The van der Waals surface area contributed by atoms with Gasteiger partial charge in [-0.2, -0.15) is 0 Å². The van der Waals surface area contributed by atoms with Crippen LogP contribution in [0.3, 0.4) is 0 Å². The quantitative estimate of drug-likeness (QED) is 0.831. The molecule has 0 aliphatic carbocycles. The molecule has 4 heterocycles. The largest absolute Gasteiger partial charge is 0.340 e. The Labute approximate surface area is 164 Å². The zero-order valence-electron chi connectivity index (χ0n) is 15.8. The summed E-state index contributed by atoms with van der Waals surface area (Å²) in [6.45, 7) is 5.49. The zero-order chi connectivity index (χ0) is 19.1. The van der Waals surface area contributed by atoms with Crippen molar-refractivity contribution in [2.75, 3.05) is 38.0 Å². The lowest BCUT2D eigenvalue weighted by atomic mass is 9.99. The number of hydrogen-bond donors (Lipinski definition) is 1. The van der Waals surface area contributed by atoms with Crippen LogP contribution in [0.2, 0.25) is 0 Å². The summed E-state index contributed by atoms with van der Waals surface area (Å²) < 4.78 is 0. The monoisotopic (exact) mass is 374 g/mol. The molecule has 1 amide bonds. The summed E-state index contributed by atoms with van der Waals surface area (Å²) in [5.41, 5.74) is 5.38. The van der Waals surface area contributed by atoms with Gasteiger partial charge in [0.25, 0.3) is 0 Å². The number of fused-ring (bicyclic) bond motifs is 4. The van der Waals surface area contributed by atoms with E-state index in [4.69, 9.17) is 4.99 Å². The normalized spacial score (nSPS) is 18.8. The fourth-order valence-electron chi connectivity index (χ4n) is 4.04. The van der Waals surface area contributed by atoms with Gasteiger partial charge in [0.05, 0.1) is 12.2 Å². The van der Waals surface area contributed by atoms with Crippen LogP contribution in [-0.2, 0) is 4.79 Å². The molecule has 7 heteroatoms. The Balaban J connectivity index is 1.49. The third-order valence-corrected chi connectivity index (χ3v) is 5.56. The molecule has 1 saturated heterocycles. The third kappa shape index (κ3) is 2.84. The van der Waals surface area contributed by atoms with E-state index in [0.717, 1.165) is 61.1 Å². The predicted octanol–water partition coefficient (Wildman–Crippen LogP) is 2.43. The van der Waals surface area contributed by atoms with Crippen molar-refractivity contribution in [3.8, 4) is 0 Å². The van der Waals surface area contributed by atoms with Gasteiger partial charge in [-0.25, -0.2) is 15.0 Å². The van der Waals surface area contributed by atoms with Crippen molar-refractivity contribution in [2.24, 2.45) is 4.99 Å². The average molecular weight is 374 g/mol. The van der Waals surface area contributed by atoms with Crippen molar-refractivity contribution in [3.63, 3.8) is 0 Å². The van der Waals surface area contributed by atoms with Crippen LogP contribution in [0.5, 0.6) is 0 Å². The highest BCUT2D eigenvalue weighted by Gasteiger charge is 2.29. The molecule has 28 heavy (non-hydrogen) atoms. The van der Waals surface area contributed by atoms with Crippen LogP contribution in [0.1, 0.15) is 18.1 Å². The maximum Gasteiger partial charge on any atom is 0.219 e. The number of hydrazine groups is 1. The van der Waals surface area contributed by atoms with Gasteiger partial charge >= 0.3 is 0 Å². The topological polar surface area (TPSA) is 64.1 Å². The molecule has 7 nitrogen and oxygen atoms in total. The molecule has 5 rings (SSSR count). The summed E-state index contributed by atoms with van der Waals surface area (Å²) in [6.07, 6.45) is 3.71. The minimum Gasteiger partial charge on any atom is -0.340 e. The van der Waals surface area contributed by atoms with Crippen molar-refractivity contribution in [3.05, 3.63) is 53.7 Å². The molecule has 142 valence electrons. The van der Waals surface area contributed by atoms with Gasteiger partial charge in [-0.05, 0) is 18.2 Å². The smallest absolute Gasteiger partial charge is 0.219 e. The lowest BCUT2D eigenvalue weighted by Crippen LogP contribution is -2.55. The minimum atomic E-state index is 0.143. The van der Waals surface area contributed by atoms with Gasteiger partial charge in [-0.15, -0.1) is 0 Å². The number of hydrogen-bond acceptors (Lipinski definition) is 6. The molecule has 0 bridgehead atoms. The standard InChI is InChI=1S/C21H22N6O/c1-15(28)25-9-11-26(12-10-25)27-13-18-16-5-2-3-7-19(16)24-21-17(6-4-8-22-21)20(18)23-14-27/h2-8,14H,9-13H2,1H3,(H,22,24). The van der Waals surface area contributed by atoms with Crippen molar-refractivity contribution in [2.45, 2.75) is 6.92 Å². The van der Waals surface area contributed by atoms with Gasteiger partial charge in [0.2, 0.25) is 5.91 Å². The summed E-state index contributed by atoms with van der Waals surface area (Å²) >= 11 is 0. The fraction of sp³-hybridized carbons (Fsp3) is 0.286. The highest BCUT2D eigenvalue weighted by Crippen LogP contribution is 2.40. The second kappa shape index (κ2) is 6.76. The molecule has 3 aliphatic heterocycles. The summed E-state index contributed by atoms with van der Waals surface area (Å²) in [6, 6.07) is 12.3. The number of nitrogens with zero attached hydrogens (tertiary/aromatic N) is 5. The van der Waals surface area contributed by atoms with Gasteiger partial charge in [-0.3, -0.25) is 9.80 Å². The van der Waals surface area contributed by atoms with Crippen LogP contribution >= 0.6 is 0 Å². The molecular formula is C21H22N6O. The minimum absolute atomic E-state index is 0.143. The van der Waals surface area contributed by atoms with E-state index in [0.29, 0.717) is 0 Å². The van der Waals surface area contributed by atoms with Crippen molar-refractivity contribution in [1.29, 1.82) is 0 Å². The molecule has 0 radical (unpaired) electrons. The molecular weight excluding hydrogens is 352 g/mol. The van der Waals surface area contributed by atoms with E-state index in [2.05, 4.69) is 44.6 Å². The molecule has 0 spiro atoms. The summed E-state index contributed by atoms with van der Waals surface area (Å²) in [7, 11) is 0. The Bertz CT molecular complexity index is 990. The number of amides is 1. The molecule has 1 N–H and O–H groups in total. The van der Waals surface area contributed by atoms with E-state index in [1.807, 2.05) is 23.4 Å². The van der Waals surface area contributed by atoms with Crippen LogP contribution in [0.15, 0.2) is 47.6 Å². The number of nitrogens with one attached hydrogen (secondary N) is 1. The molecule has 1 aromatic heterocycles. The second-order valence-corrected chi connectivity index (χ2v) is 7.20.